The predicted octanol–water partition coefficient (Wildman–Crippen LogP) is 2.15. The number of nitrogens with zero attached hydrogens (tertiary/aromatic N) is 2. The Hall–Kier alpha value is -1.78. The molecule has 0 spiro atoms. The van der Waals surface area contributed by atoms with E-state index in [1.807, 2.05) is 6.07 Å². The van der Waals surface area contributed by atoms with Crippen molar-refractivity contribution in [3.05, 3.63) is 59.4 Å². The van der Waals surface area contributed by atoms with E-state index in [1.165, 1.54) is 5.56 Å². The van der Waals surface area contributed by atoms with Gasteiger partial charge in [-0.25, -0.2) is 5.43 Å². The maximum atomic E-state index is 5.64. The first-order chi connectivity index (χ1) is 8.72. The summed E-state index contributed by atoms with van der Waals surface area (Å²) >= 11 is 0. The molecule has 0 bridgehead atoms. The van der Waals surface area contributed by atoms with Gasteiger partial charge >= 0.3 is 0 Å². The zero-order valence-corrected chi connectivity index (χ0v) is 10.7. The van der Waals surface area contributed by atoms with Gasteiger partial charge in [0.1, 0.15) is 0 Å². The monoisotopic (exact) mass is 242 g/mol. The van der Waals surface area contributed by atoms with Crippen molar-refractivity contribution in [1.29, 1.82) is 0 Å². The Bertz CT molecular complexity index is 479. The van der Waals surface area contributed by atoms with E-state index >= 15 is 0 Å². The first kappa shape index (κ1) is 12.7. The third kappa shape index (κ3) is 2.72. The van der Waals surface area contributed by atoms with Gasteiger partial charge in [0.15, 0.2) is 0 Å². The van der Waals surface area contributed by atoms with Gasteiger partial charge in [-0.3, -0.25) is 5.84 Å². The lowest BCUT2D eigenvalue weighted by Gasteiger charge is -2.17. The van der Waals surface area contributed by atoms with Gasteiger partial charge in [-0.2, -0.15) is 10.2 Å². The molecule has 0 fully saturated rings. The SMILES string of the molecule is CC(C)c1ccc(C(NN)c2ccnnc2)cc1. The molecule has 0 saturated carbocycles. The molecule has 0 saturated heterocycles. The molecule has 0 aliphatic carbocycles. The van der Waals surface area contributed by atoms with Crippen LogP contribution in [0.2, 0.25) is 0 Å². The maximum absolute atomic E-state index is 5.64. The lowest BCUT2D eigenvalue weighted by Crippen LogP contribution is -2.28. The molecule has 1 atom stereocenters. The Balaban J connectivity index is 2.28. The van der Waals surface area contributed by atoms with Crippen LogP contribution in [-0.2, 0) is 0 Å². The molecular weight excluding hydrogens is 224 g/mol. The molecule has 1 unspecified atom stereocenters. The van der Waals surface area contributed by atoms with Crippen LogP contribution in [0.3, 0.4) is 0 Å². The summed E-state index contributed by atoms with van der Waals surface area (Å²) < 4.78 is 0. The smallest absolute Gasteiger partial charge is 0.0726 e. The molecule has 0 radical (unpaired) electrons. The van der Waals surface area contributed by atoms with Crippen LogP contribution in [0.15, 0.2) is 42.7 Å². The highest BCUT2D eigenvalue weighted by Gasteiger charge is 2.12. The molecule has 1 aromatic heterocycles. The van der Waals surface area contributed by atoms with E-state index in [9.17, 15) is 0 Å². The fraction of sp³-hybridized carbons (Fsp3) is 0.286. The van der Waals surface area contributed by atoms with Gasteiger partial charge in [0.2, 0.25) is 0 Å². The maximum Gasteiger partial charge on any atom is 0.0726 e. The number of nitrogens with two attached hydrogens (primary N) is 1. The minimum Gasteiger partial charge on any atom is -0.271 e. The van der Waals surface area contributed by atoms with E-state index in [4.69, 9.17) is 5.84 Å². The second kappa shape index (κ2) is 5.71. The van der Waals surface area contributed by atoms with Crippen molar-refractivity contribution in [3.63, 3.8) is 0 Å². The Morgan fingerprint density at radius 1 is 0.944 bits per heavy atom. The van der Waals surface area contributed by atoms with Gasteiger partial charge in [-0.1, -0.05) is 38.1 Å². The minimum atomic E-state index is -0.0540. The van der Waals surface area contributed by atoms with E-state index in [-0.39, 0.29) is 6.04 Å². The van der Waals surface area contributed by atoms with Crippen molar-refractivity contribution in [2.45, 2.75) is 25.8 Å². The lowest BCUT2D eigenvalue weighted by molar-refractivity contribution is 0.631. The molecule has 0 amide bonds. The fourth-order valence-corrected chi connectivity index (χ4v) is 1.93. The van der Waals surface area contributed by atoms with Crippen LogP contribution in [0.1, 0.15) is 42.5 Å². The number of nitrogens with one attached hydrogen (secondary N) is 1. The van der Waals surface area contributed by atoms with Crippen molar-refractivity contribution in [3.8, 4) is 0 Å². The summed E-state index contributed by atoms with van der Waals surface area (Å²) in [7, 11) is 0. The minimum absolute atomic E-state index is 0.0540. The fourth-order valence-electron chi connectivity index (χ4n) is 1.93. The Kier molecular flexibility index (Phi) is 4.02. The highest BCUT2D eigenvalue weighted by Crippen LogP contribution is 2.22. The first-order valence-corrected chi connectivity index (χ1v) is 6.05. The van der Waals surface area contributed by atoms with E-state index in [0.29, 0.717) is 5.92 Å². The molecule has 18 heavy (non-hydrogen) atoms. The Morgan fingerprint density at radius 3 is 2.11 bits per heavy atom. The molecule has 2 aromatic rings. The Morgan fingerprint density at radius 2 is 1.61 bits per heavy atom. The quantitative estimate of drug-likeness (QED) is 0.637. The van der Waals surface area contributed by atoms with Crippen LogP contribution in [0.5, 0.6) is 0 Å². The van der Waals surface area contributed by atoms with Crippen LogP contribution in [-0.4, -0.2) is 10.2 Å². The zero-order chi connectivity index (χ0) is 13.0. The predicted molar refractivity (Wildman–Crippen MR) is 71.7 cm³/mol. The number of rotatable bonds is 4. The van der Waals surface area contributed by atoms with Gasteiger partial charge in [-0.15, -0.1) is 0 Å². The standard InChI is InChI=1S/C14H18N4/c1-10(2)11-3-5-12(6-4-11)14(18-15)13-7-8-16-17-9-13/h3-10,14,18H,15H2,1-2H3. The number of aromatic nitrogens is 2. The van der Waals surface area contributed by atoms with Crippen LogP contribution in [0.4, 0.5) is 0 Å². The summed E-state index contributed by atoms with van der Waals surface area (Å²) in [5.41, 5.74) is 6.26. The second-order valence-corrected chi connectivity index (χ2v) is 4.60. The van der Waals surface area contributed by atoms with Crippen LogP contribution in [0, 0.1) is 0 Å². The van der Waals surface area contributed by atoms with Crippen LogP contribution < -0.4 is 11.3 Å². The van der Waals surface area contributed by atoms with E-state index in [2.05, 4.69) is 53.7 Å². The molecule has 4 nitrogen and oxygen atoms in total. The van der Waals surface area contributed by atoms with Gasteiger partial charge in [-0.05, 0) is 28.7 Å². The number of hydrogen-bond acceptors (Lipinski definition) is 4. The van der Waals surface area contributed by atoms with Gasteiger partial charge in [0, 0.05) is 6.20 Å². The van der Waals surface area contributed by atoms with Gasteiger partial charge in [0.05, 0.1) is 12.2 Å². The number of hydrogen-bond donors (Lipinski definition) is 2. The highest BCUT2D eigenvalue weighted by atomic mass is 15.2. The number of benzene rings is 1. The van der Waals surface area contributed by atoms with Crippen molar-refractivity contribution >= 4 is 0 Å². The van der Waals surface area contributed by atoms with Gasteiger partial charge < -0.3 is 0 Å². The summed E-state index contributed by atoms with van der Waals surface area (Å²) in [6.07, 6.45) is 3.39. The topological polar surface area (TPSA) is 63.8 Å². The lowest BCUT2D eigenvalue weighted by atomic mass is 9.97. The molecule has 94 valence electrons. The van der Waals surface area contributed by atoms with E-state index < -0.39 is 0 Å². The second-order valence-electron chi connectivity index (χ2n) is 4.60. The Labute approximate surface area is 107 Å². The molecule has 3 N–H and O–H groups in total. The van der Waals surface area contributed by atoms with Crippen molar-refractivity contribution in [2.75, 3.05) is 0 Å². The molecule has 0 aliphatic heterocycles. The van der Waals surface area contributed by atoms with Gasteiger partial charge in [0.25, 0.3) is 0 Å². The summed E-state index contributed by atoms with van der Waals surface area (Å²) in [5, 5.41) is 7.65. The van der Waals surface area contributed by atoms with Crippen molar-refractivity contribution in [1.82, 2.24) is 15.6 Å². The normalized spacial score (nSPS) is 12.7. The number of hydrazine groups is 1. The summed E-state index contributed by atoms with van der Waals surface area (Å²) in [6, 6.07) is 10.3. The van der Waals surface area contributed by atoms with E-state index in [0.717, 1.165) is 11.1 Å². The molecule has 1 heterocycles. The molecule has 0 aliphatic rings. The summed E-state index contributed by atoms with van der Waals surface area (Å²) in [4.78, 5) is 0. The highest BCUT2D eigenvalue weighted by molar-refractivity contribution is 5.32. The molecular formula is C14H18N4. The third-order valence-electron chi connectivity index (χ3n) is 3.04. The zero-order valence-electron chi connectivity index (χ0n) is 10.7. The van der Waals surface area contributed by atoms with E-state index in [1.54, 1.807) is 12.4 Å². The van der Waals surface area contributed by atoms with Crippen LogP contribution >= 0.6 is 0 Å². The molecule has 4 heteroatoms. The van der Waals surface area contributed by atoms with Crippen molar-refractivity contribution in [2.24, 2.45) is 5.84 Å². The summed E-state index contributed by atoms with van der Waals surface area (Å²) in [5.74, 6) is 6.17. The molecule has 2 rings (SSSR count). The average Bonchev–Trinajstić information content (AvgIpc) is 2.41. The molecule has 1 aromatic carbocycles. The van der Waals surface area contributed by atoms with Crippen LogP contribution in [0.25, 0.3) is 0 Å². The van der Waals surface area contributed by atoms with Crippen molar-refractivity contribution < 1.29 is 0 Å². The third-order valence-corrected chi connectivity index (χ3v) is 3.04. The average molecular weight is 242 g/mol. The largest absolute Gasteiger partial charge is 0.271 e. The first-order valence-electron chi connectivity index (χ1n) is 6.05. The summed E-state index contributed by atoms with van der Waals surface area (Å²) in [6.45, 7) is 4.36.